The van der Waals surface area contributed by atoms with Gasteiger partial charge in [0.15, 0.2) is 0 Å². The predicted octanol–water partition coefficient (Wildman–Crippen LogP) is 0.287. The van der Waals surface area contributed by atoms with Crippen molar-refractivity contribution in [3.05, 3.63) is 0 Å². The number of hydrogen-bond acceptors (Lipinski definition) is 3. The first kappa shape index (κ1) is 7.54. The van der Waals surface area contributed by atoms with Crippen molar-refractivity contribution in [3.63, 3.8) is 0 Å². The highest BCUT2D eigenvalue weighted by atomic mass is 16.5. The Hall–Kier alpha value is -0.570. The van der Waals surface area contributed by atoms with E-state index in [1.807, 2.05) is 0 Å². The first-order valence-corrected chi connectivity index (χ1v) is 3.56. The van der Waals surface area contributed by atoms with Crippen molar-refractivity contribution in [3.8, 4) is 0 Å². The fraction of sp³-hybridized carbons (Fsp3) is 0.857. The lowest BCUT2D eigenvalue weighted by Crippen LogP contribution is -2.26. The van der Waals surface area contributed by atoms with Crippen LogP contribution in [-0.2, 0) is 9.53 Å². The molecule has 10 heavy (non-hydrogen) atoms. The lowest BCUT2D eigenvalue weighted by Gasteiger charge is -2.06. The Morgan fingerprint density at radius 2 is 2.40 bits per heavy atom. The number of rotatable bonds is 3. The summed E-state index contributed by atoms with van der Waals surface area (Å²) in [6.45, 7) is 0. The van der Waals surface area contributed by atoms with Crippen LogP contribution in [0.1, 0.15) is 19.3 Å². The molecule has 0 amide bonds. The average molecular weight is 143 g/mol. The number of carbonyl (C=O) groups is 1. The van der Waals surface area contributed by atoms with Gasteiger partial charge in [-0.15, -0.1) is 0 Å². The third kappa shape index (κ3) is 1.99. The number of carbonyl (C=O) groups excluding carboxylic acids is 1. The molecule has 1 aliphatic carbocycles. The van der Waals surface area contributed by atoms with E-state index in [0.717, 1.165) is 0 Å². The smallest absolute Gasteiger partial charge is 0.307 e. The zero-order valence-corrected chi connectivity index (χ0v) is 6.17. The van der Waals surface area contributed by atoms with E-state index in [2.05, 4.69) is 4.74 Å². The Bertz CT molecular complexity index is 132. The highest BCUT2D eigenvalue weighted by molar-refractivity contribution is 5.69. The normalized spacial score (nSPS) is 20.2. The standard InChI is InChI=1S/C7H13NO2/c1-10-7(9)4-6(8)5-2-3-5/h5-6H,2-4,8H2,1H3/t6-/m0/s1. The highest BCUT2D eigenvalue weighted by Gasteiger charge is 2.29. The topological polar surface area (TPSA) is 52.3 Å². The van der Waals surface area contributed by atoms with Gasteiger partial charge in [-0.1, -0.05) is 0 Å². The zero-order chi connectivity index (χ0) is 7.56. The summed E-state index contributed by atoms with van der Waals surface area (Å²) in [5.41, 5.74) is 5.65. The Kier molecular flexibility index (Phi) is 2.27. The third-order valence-electron chi connectivity index (χ3n) is 1.86. The van der Waals surface area contributed by atoms with Crippen molar-refractivity contribution in [2.24, 2.45) is 11.7 Å². The van der Waals surface area contributed by atoms with E-state index in [1.165, 1.54) is 20.0 Å². The van der Waals surface area contributed by atoms with Crippen molar-refractivity contribution in [2.75, 3.05) is 7.11 Å². The molecule has 3 heteroatoms. The molecule has 1 atom stereocenters. The van der Waals surface area contributed by atoms with E-state index in [4.69, 9.17) is 5.73 Å². The molecule has 0 bridgehead atoms. The average Bonchev–Trinajstić information content (AvgIpc) is 2.68. The van der Waals surface area contributed by atoms with E-state index in [-0.39, 0.29) is 12.0 Å². The van der Waals surface area contributed by atoms with E-state index < -0.39 is 0 Å². The molecule has 0 spiro atoms. The Labute approximate surface area is 60.5 Å². The molecule has 2 N–H and O–H groups in total. The van der Waals surface area contributed by atoms with E-state index in [1.54, 1.807) is 0 Å². The molecule has 0 aromatic carbocycles. The quantitative estimate of drug-likeness (QED) is 0.577. The fourth-order valence-electron chi connectivity index (χ4n) is 0.967. The van der Waals surface area contributed by atoms with Crippen LogP contribution in [0.25, 0.3) is 0 Å². The van der Waals surface area contributed by atoms with Gasteiger partial charge in [0.25, 0.3) is 0 Å². The largest absolute Gasteiger partial charge is 0.469 e. The van der Waals surface area contributed by atoms with Crippen LogP contribution in [0.15, 0.2) is 0 Å². The van der Waals surface area contributed by atoms with E-state index in [9.17, 15) is 4.79 Å². The van der Waals surface area contributed by atoms with Gasteiger partial charge < -0.3 is 10.5 Å². The van der Waals surface area contributed by atoms with Gasteiger partial charge in [0.05, 0.1) is 13.5 Å². The number of hydrogen-bond donors (Lipinski definition) is 1. The molecule has 3 nitrogen and oxygen atoms in total. The lowest BCUT2D eigenvalue weighted by atomic mass is 10.1. The molecule has 1 fully saturated rings. The summed E-state index contributed by atoms with van der Waals surface area (Å²) < 4.78 is 4.48. The van der Waals surface area contributed by atoms with Gasteiger partial charge in [0, 0.05) is 6.04 Å². The summed E-state index contributed by atoms with van der Waals surface area (Å²) in [5.74, 6) is 0.387. The van der Waals surface area contributed by atoms with Crippen molar-refractivity contribution < 1.29 is 9.53 Å². The first-order valence-electron chi connectivity index (χ1n) is 3.56. The molecular weight excluding hydrogens is 130 g/mol. The van der Waals surface area contributed by atoms with Crippen LogP contribution in [0.5, 0.6) is 0 Å². The van der Waals surface area contributed by atoms with Gasteiger partial charge in [0.2, 0.25) is 0 Å². The molecule has 0 unspecified atom stereocenters. The minimum absolute atomic E-state index is 0.0347. The highest BCUT2D eigenvalue weighted by Crippen LogP contribution is 2.32. The molecule has 0 aliphatic heterocycles. The predicted molar refractivity (Wildman–Crippen MR) is 37.3 cm³/mol. The summed E-state index contributed by atoms with van der Waals surface area (Å²) in [5, 5.41) is 0. The number of methoxy groups -OCH3 is 1. The van der Waals surface area contributed by atoms with Gasteiger partial charge in [-0.25, -0.2) is 0 Å². The second kappa shape index (κ2) is 3.01. The third-order valence-corrected chi connectivity index (χ3v) is 1.86. The summed E-state index contributed by atoms with van der Waals surface area (Å²) >= 11 is 0. The Morgan fingerprint density at radius 1 is 1.80 bits per heavy atom. The number of ether oxygens (including phenoxy) is 1. The van der Waals surface area contributed by atoms with Gasteiger partial charge in [-0.05, 0) is 18.8 Å². The van der Waals surface area contributed by atoms with Gasteiger partial charge >= 0.3 is 5.97 Å². The summed E-state index contributed by atoms with van der Waals surface area (Å²) in [6.07, 6.45) is 2.73. The number of esters is 1. The second-order valence-electron chi connectivity index (χ2n) is 2.78. The van der Waals surface area contributed by atoms with Crippen LogP contribution in [0, 0.1) is 5.92 Å². The van der Waals surface area contributed by atoms with Crippen LogP contribution < -0.4 is 5.73 Å². The maximum atomic E-state index is 10.7. The second-order valence-corrected chi connectivity index (χ2v) is 2.78. The summed E-state index contributed by atoms with van der Waals surface area (Å²) in [6, 6.07) is 0.0347. The lowest BCUT2D eigenvalue weighted by molar-refractivity contribution is -0.141. The molecule has 0 heterocycles. The number of nitrogens with two attached hydrogens (primary N) is 1. The minimum Gasteiger partial charge on any atom is -0.469 e. The van der Waals surface area contributed by atoms with Crippen molar-refractivity contribution >= 4 is 5.97 Å². The van der Waals surface area contributed by atoms with Crippen LogP contribution in [-0.4, -0.2) is 19.1 Å². The van der Waals surface area contributed by atoms with Gasteiger partial charge in [-0.2, -0.15) is 0 Å². The monoisotopic (exact) mass is 143 g/mol. The maximum Gasteiger partial charge on any atom is 0.307 e. The Balaban J connectivity index is 2.16. The fourth-order valence-corrected chi connectivity index (χ4v) is 0.967. The molecule has 1 saturated carbocycles. The van der Waals surface area contributed by atoms with Crippen LogP contribution in [0.2, 0.25) is 0 Å². The van der Waals surface area contributed by atoms with Crippen LogP contribution in [0.4, 0.5) is 0 Å². The summed E-state index contributed by atoms with van der Waals surface area (Å²) in [7, 11) is 1.39. The van der Waals surface area contributed by atoms with Crippen LogP contribution >= 0.6 is 0 Å². The Morgan fingerprint density at radius 3 is 2.80 bits per heavy atom. The maximum absolute atomic E-state index is 10.7. The van der Waals surface area contributed by atoms with E-state index in [0.29, 0.717) is 12.3 Å². The van der Waals surface area contributed by atoms with Gasteiger partial charge in [0.1, 0.15) is 0 Å². The first-order chi connectivity index (χ1) is 4.74. The molecule has 0 aromatic rings. The van der Waals surface area contributed by atoms with Crippen molar-refractivity contribution in [2.45, 2.75) is 25.3 Å². The van der Waals surface area contributed by atoms with Gasteiger partial charge in [-0.3, -0.25) is 4.79 Å². The SMILES string of the molecule is COC(=O)C[C@H](N)C1CC1. The molecule has 0 saturated heterocycles. The molecule has 1 aliphatic rings. The van der Waals surface area contributed by atoms with E-state index >= 15 is 0 Å². The van der Waals surface area contributed by atoms with Crippen molar-refractivity contribution in [1.82, 2.24) is 0 Å². The zero-order valence-electron chi connectivity index (χ0n) is 6.17. The molecule has 0 aromatic heterocycles. The molecular formula is C7H13NO2. The minimum atomic E-state index is -0.195. The van der Waals surface area contributed by atoms with Crippen LogP contribution in [0.3, 0.4) is 0 Å². The van der Waals surface area contributed by atoms with Crippen molar-refractivity contribution in [1.29, 1.82) is 0 Å². The summed E-state index contributed by atoms with van der Waals surface area (Å²) in [4.78, 5) is 10.7. The molecule has 1 rings (SSSR count). The molecule has 0 radical (unpaired) electrons. The molecule has 58 valence electrons.